The third-order valence-electron chi connectivity index (χ3n) is 1.54. The second-order valence-corrected chi connectivity index (χ2v) is 2.31. The first-order valence-electron chi connectivity index (χ1n) is 3.61. The molecule has 1 aromatic heterocycles. The van der Waals surface area contributed by atoms with E-state index in [1.807, 2.05) is 13.1 Å². The molecule has 0 saturated heterocycles. The maximum Gasteiger partial charge on any atom is 0.0999 e. The maximum absolute atomic E-state index is 9.27. The van der Waals surface area contributed by atoms with E-state index in [9.17, 15) is 5.11 Å². The molecule has 3 nitrogen and oxygen atoms in total. The third kappa shape index (κ3) is 1.68. The van der Waals surface area contributed by atoms with Crippen molar-refractivity contribution in [3.63, 3.8) is 0 Å². The van der Waals surface area contributed by atoms with Gasteiger partial charge in [-0.25, -0.2) is 0 Å². The molecule has 11 heavy (non-hydrogen) atoms. The number of aryl methyl sites for hydroxylation is 1. The quantitative estimate of drug-likeness (QED) is 0.659. The molecule has 1 rings (SSSR count). The molecule has 0 aromatic carbocycles. The Morgan fingerprint density at radius 2 is 2.64 bits per heavy atom. The predicted octanol–water partition coefficient (Wildman–Crippen LogP) is 1.12. The van der Waals surface area contributed by atoms with Gasteiger partial charge in [-0.1, -0.05) is 6.08 Å². The molecule has 0 saturated carbocycles. The summed E-state index contributed by atoms with van der Waals surface area (Å²) in [7, 11) is 0. The van der Waals surface area contributed by atoms with E-state index in [0.29, 0.717) is 0 Å². The fourth-order valence-corrected chi connectivity index (χ4v) is 0.841. The van der Waals surface area contributed by atoms with Gasteiger partial charge < -0.3 is 5.11 Å². The van der Waals surface area contributed by atoms with Gasteiger partial charge in [0.05, 0.1) is 12.3 Å². The molecule has 1 unspecified atom stereocenters. The normalized spacial score (nSPS) is 12.9. The number of hydrogen-bond donors (Lipinski definition) is 1. The molecule has 0 radical (unpaired) electrons. The summed E-state index contributed by atoms with van der Waals surface area (Å²) in [5, 5.41) is 13.3. The second-order valence-electron chi connectivity index (χ2n) is 2.31. The Kier molecular flexibility index (Phi) is 2.44. The molecular formula is C8H12N2O. The molecule has 0 spiro atoms. The van der Waals surface area contributed by atoms with E-state index in [4.69, 9.17) is 0 Å². The van der Waals surface area contributed by atoms with Crippen molar-refractivity contribution < 1.29 is 5.11 Å². The van der Waals surface area contributed by atoms with Gasteiger partial charge in [0.2, 0.25) is 0 Å². The number of nitrogens with zero attached hydrogens (tertiary/aromatic N) is 2. The predicted molar refractivity (Wildman–Crippen MR) is 43.1 cm³/mol. The average molecular weight is 152 g/mol. The molecule has 60 valence electrons. The van der Waals surface area contributed by atoms with Gasteiger partial charge in [0.25, 0.3) is 0 Å². The van der Waals surface area contributed by atoms with Crippen molar-refractivity contribution in [2.75, 3.05) is 0 Å². The summed E-state index contributed by atoms with van der Waals surface area (Å²) in [5.74, 6) is 0. The lowest BCUT2D eigenvalue weighted by Crippen LogP contribution is -1.93. The molecule has 0 amide bonds. The van der Waals surface area contributed by atoms with Crippen LogP contribution in [0.5, 0.6) is 0 Å². The molecule has 0 aliphatic rings. The minimum absolute atomic E-state index is 0.588. The number of aromatic nitrogens is 2. The number of aliphatic hydroxyl groups is 1. The average Bonchev–Trinajstić information content (AvgIpc) is 2.50. The van der Waals surface area contributed by atoms with Crippen molar-refractivity contribution in [3.8, 4) is 0 Å². The van der Waals surface area contributed by atoms with Crippen LogP contribution in [0.15, 0.2) is 25.0 Å². The van der Waals surface area contributed by atoms with Gasteiger partial charge in [-0.05, 0) is 6.92 Å². The first-order chi connectivity index (χ1) is 5.27. The van der Waals surface area contributed by atoms with Crippen LogP contribution >= 0.6 is 0 Å². The summed E-state index contributed by atoms with van der Waals surface area (Å²) in [6, 6.07) is 0. The van der Waals surface area contributed by atoms with Gasteiger partial charge in [0.15, 0.2) is 0 Å². The molecular weight excluding hydrogens is 140 g/mol. The molecule has 0 bridgehead atoms. The van der Waals surface area contributed by atoms with E-state index >= 15 is 0 Å². The van der Waals surface area contributed by atoms with Crippen LogP contribution in [0.1, 0.15) is 18.6 Å². The van der Waals surface area contributed by atoms with Crippen LogP contribution in [-0.4, -0.2) is 14.9 Å². The topological polar surface area (TPSA) is 38.1 Å². The Balaban J connectivity index is 2.79. The smallest absolute Gasteiger partial charge is 0.0999 e. The van der Waals surface area contributed by atoms with E-state index in [1.165, 1.54) is 6.08 Å². The summed E-state index contributed by atoms with van der Waals surface area (Å²) in [5.41, 5.74) is 0.793. The van der Waals surface area contributed by atoms with Gasteiger partial charge in [-0.15, -0.1) is 6.58 Å². The fourth-order valence-electron chi connectivity index (χ4n) is 0.841. The maximum atomic E-state index is 9.27. The Labute approximate surface area is 66.0 Å². The minimum Gasteiger partial charge on any atom is -0.384 e. The van der Waals surface area contributed by atoms with Crippen molar-refractivity contribution in [3.05, 3.63) is 30.6 Å². The van der Waals surface area contributed by atoms with Crippen LogP contribution in [0.2, 0.25) is 0 Å². The summed E-state index contributed by atoms with van der Waals surface area (Å²) < 4.78 is 1.77. The van der Waals surface area contributed by atoms with Crippen LogP contribution in [0, 0.1) is 0 Å². The first kappa shape index (κ1) is 8.01. The highest BCUT2D eigenvalue weighted by molar-refractivity contribution is 5.12. The lowest BCUT2D eigenvalue weighted by molar-refractivity contribution is 0.229. The Bertz CT molecular complexity index is 242. The van der Waals surface area contributed by atoms with Crippen LogP contribution in [0.25, 0.3) is 0 Å². The van der Waals surface area contributed by atoms with E-state index in [-0.39, 0.29) is 0 Å². The molecule has 1 atom stereocenters. The third-order valence-corrected chi connectivity index (χ3v) is 1.54. The fraction of sp³-hybridized carbons (Fsp3) is 0.375. The van der Waals surface area contributed by atoms with Gasteiger partial charge in [0.1, 0.15) is 0 Å². The van der Waals surface area contributed by atoms with E-state index in [2.05, 4.69) is 11.7 Å². The van der Waals surface area contributed by atoms with Crippen LogP contribution < -0.4 is 0 Å². The number of aliphatic hydroxyl groups excluding tert-OH is 1. The lowest BCUT2D eigenvalue weighted by atomic mass is 10.2. The van der Waals surface area contributed by atoms with Crippen LogP contribution in [-0.2, 0) is 6.54 Å². The zero-order valence-electron chi connectivity index (χ0n) is 6.57. The highest BCUT2D eigenvalue weighted by atomic mass is 16.3. The van der Waals surface area contributed by atoms with Crippen molar-refractivity contribution in [1.29, 1.82) is 0 Å². The highest BCUT2D eigenvalue weighted by Crippen LogP contribution is 2.11. The van der Waals surface area contributed by atoms with Gasteiger partial charge in [-0.2, -0.15) is 5.10 Å². The summed E-state index contributed by atoms with van der Waals surface area (Å²) in [6.45, 7) is 6.31. The minimum atomic E-state index is -0.588. The van der Waals surface area contributed by atoms with Gasteiger partial charge >= 0.3 is 0 Å². The van der Waals surface area contributed by atoms with Crippen molar-refractivity contribution >= 4 is 0 Å². The van der Waals surface area contributed by atoms with Crippen molar-refractivity contribution in [2.24, 2.45) is 0 Å². The monoisotopic (exact) mass is 152 g/mol. The zero-order valence-corrected chi connectivity index (χ0v) is 6.57. The molecule has 1 aromatic rings. The van der Waals surface area contributed by atoms with E-state index < -0.39 is 6.10 Å². The summed E-state index contributed by atoms with van der Waals surface area (Å²) in [6.07, 6.45) is 4.36. The Morgan fingerprint density at radius 3 is 3.09 bits per heavy atom. The lowest BCUT2D eigenvalue weighted by Gasteiger charge is -1.98. The van der Waals surface area contributed by atoms with Crippen LogP contribution in [0.4, 0.5) is 0 Å². The molecule has 1 heterocycles. The molecule has 3 heteroatoms. The van der Waals surface area contributed by atoms with E-state index in [0.717, 1.165) is 12.1 Å². The van der Waals surface area contributed by atoms with E-state index in [1.54, 1.807) is 10.9 Å². The SMILES string of the molecule is C=CC(O)c1cnn(CC)c1. The highest BCUT2D eigenvalue weighted by Gasteiger charge is 2.03. The molecule has 0 aliphatic heterocycles. The van der Waals surface area contributed by atoms with Gasteiger partial charge in [0, 0.05) is 18.3 Å². The standard InChI is InChI=1S/C8H12N2O/c1-3-8(11)7-5-9-10(4-2)6-7/h3,5-6,8,11H,1,4H2,2H3. The molecule has 1 N–H and O–H groups in total. The van der Waals surface area contributed by atoms with Crippen molar-refractivity contribution in [2.45, 2.75) is 19.6 Å². The first-order valence-corrected chi connectivity index (χ1v) is 3.61. The number of rotatable bonds is 3. The second kappa shape index (κ2) is 3.34. The number of hydrogen-bond acceptors (Lipinski definition) is 2. The molecule has 0 fully saturated rings. The van der Waals surface area contributed by atoms with Crippen LogP contribution in [0.3, 0.4) is 0 Å². The molecule has 0 aliphatic carbocycles. The van der Waals surface area contributed by atoms with Crippen molar-refractivity contribution in [1.82, 2.24) is 9.78 Å². The summed E-state index contributed by atoms with van der Waals surface area (Å²) >= 11 is 0. The Hall–Kier alpha value is -1.09. The van der Waals surface area contributed by atoms with Gasteiger partial charge in [-0.3, -0.25) is 4.68 Å². The Morgan fingerprint density at radius 1 is 1.91 bits per heavy atom. The summed E-state index contributed by atoms with van der Waals surface area (Å²) in [4.78, 5) is 0. The zero-order chi connectivity index (χ0) is 8.27. The largest absolute Gasteiger partial charge is 0.384 e.